The third kappa shape index (κ3) is 3.28. The Morgan fingerprint density at radius 2 is 2.14 bits per heavy atom. The van der Waals surface area contributed by atoms with Crippen LogP contribution in [0.25, 0.3) is 0 Å². The minimum atomic E-state index is -0.840. The van der Waals surface area contributed by atoms with Crippen molar-refractivity contribution >= 4 is 23.2 Å². The van der Waals surface area contributed by atoms with Gasteiger partial charge in [0.1, 0.15) is 0 Å². The summed E-state index contributed by atoms with van der Waals surface area (Å²) in [6.07, 6.45) is 5.39. The largest absolute Gasteiger partial charge is 0.481 e. The zero-order chi connectivity index (χ0) is 15.0. The summed E-state index contributed by atoms with van der Waals surface area (Å²) >= 11 is 1.61. The van der Waals surface area contributed by atoms with Crippen molar-refractivity contribution in [1.82, 2.24) is 4.90 Å². The number of fused-ring (bicyclic) bond motifs is 1. The van der Waals surface area contributed by atoms with Crippen LogP contribution >= 0.6 is 11.3 Å². The lowest BCUT2D eigenvalue weighted by atomic mass is 9.90. The number of carboxylic acid groups (broad SMARTS) is 1. The average Bonchev–Trinajstić information content (AvgIpc) is 3.17. The van der Waals surface area contributed by atoms with E-state index in [1.165, 1.54) is 16.9 Å². The number of hydrogen-bond acceptors (Lipinski definition) is 3. The van der Waals surface area contributed by atoms with Crippen molar-refractivity contribution in [2.24, 2.45) is 5.92 Å². The molecule has 5 heteroatoms. The maximum absolute atomic E-state index is 12.7. The molecule has 1 amide bonds. The van der Waals surface area contributed by atoms with Gasteiger partial charge in [-0.25, -0.2) is 0 Å². The Balaban J connectivity index is 1.75. The molecule has 2 aliphatic carbocycles. The lowest BCUT2D eigenvalue weighted by molar-refractivity contribution is -0.137. The first kappa shape index (κ1) is 14.6. The molecule has 1 heterocycles. The highest BCUT2D eigenvalue weighted by atomic mass is 32.1. The zero-order valence-corrected chi connectivity index (χ0v) is 13.1. The van der Waals surface area contributed by atoms with Gasteiger partial charge in [0.2, 0.25) is 0 Å². The van der Waals surface area contributed by atoms with Crippen LogP contribution in [0.2, 0.25) is 0 Å². The van der Waals surface area contributed by atoms with Crippen LogP contribution in [0.5, 0.6) is 0 Å². The van der Waals surface area contributed by atoms with Crippen LogP contribution in [0.3, 0.4) is 0 Å². The topological polar surface area (TPSA) is 57.6 Å². The van der Waals surface area contributed by atoms with Gasteiger partial charge < -0.3 is 10.0 Å². The van der Waals surface area contributed by atoms with Gasteiger partial charge >= 0.3 is 5.97 Å². The van der Waals surface area contributed by atoms with Gasteiger partial charge in [-0.15, -0.1) is 11.3 Å². The molecule has 1 saturated carbocycles. The highest BCUT2D eigenvalue weighted by Crippen LogP contribution is 2.35. The zero-order valence-electron chi connectivity index (χ0n) is 12.3. The molecule has 1 unspecified atom stereocenters. The predicted octanol–water partition coefficient (Wildman–Crippen LogP) is 2.95. The van der Waals surface area contributed by atoms with Gasteiger partial charge in [0, 0.05) is 17.5 Å². The van der Waals surface area contributed by atoms with E-state index in [0.29, 0.717) is 12.5 Å². The summed E-state index contributed by atoms with van der Waals surface area (Å²) in [5, 5.41) is 8.84. The van der Waals surface area contributed by atoms with E-state index >= 15 is 0 Å². The molecule has 3 rings (SSSR count). The van der Waals surface area contributed by atoms with E-state index in [1.807, 2.05) is 6.07 Å². The number of rotatable bonds is 5. The van der Waals surface area contributed by atoms with Crippen LogP contribution < -0.4 is 0 Å². The van der Waals surface area contributed by atoms with Gasteiger partial charge in [0.05, 0.1) is 11.3 Å². The Morgan fingerprint density at radius 3 is 2.81 bits per heavy atom. The Labute approximate surface area is 128 Å². The lowest BCUT2D eigenvalue weighted by Crippen LogP contribution is -2.34. The first-order valence-electron chi connectivity index (χ1n) is 7.69. The number of aryl methyl sites for hydroxylation is 1. The van der Waals surface area contributed by atoms with Gasteiger partial charge in [0.25, 0.3) is 5.91 Å². The number of carbonyl (C=O) groups excluding carboxylic acids is 1. The maximum atomic E-state index is 12.7. The SMILES string of the molecule is CC1CCc2sc(C(=O)N(CCC(=O)O)C3CC3)cc2C1. The minimum Gasteiger partial charge on any atom is -0.481 e. The molecule has 1 fully saturated rings. The second-order valence-electron chi connectivity index (χ2n) is 6.28. The fourth-order valence-electron chi connectivity index (χ4n) is 3.00. The van der Waals surface area contributed by atoms with Crippen LogP contribution in [0.1, 0.15) is 52.7 Å². The average molecular weight is 307 g/mol. The van der Waals surface area contributed by atoms with Gasteiger partial charge in [0.15, 0.2) is 0 Å². The molecule has 0 saturated heterocycles. The number of carboxylic acids is 1. The molecule has 2 aliphatic rings. The quantitative estimate of drug-likeness (QED) is 0.910. The molecule has 0 bridgehead atoms. The van der Waals surface area contributed by atoms with Gasteiger partial charge in [-0.05, 0) is 49.7 Å². The first-order valence-corrected chi connectivity index (χ1v) is 8.50. The van der Waals surface area contributed by atoms with Crippen LogP contribution in [0.4, 0.5) is 0 Å². The number of aliphatic carboxylic acids is 1. The molecule has 114 valence electrons. The fourth-order valence-corrected chi connectivity index (χ4v) is 4.17. The van der Waals surface area contributed by atoms with Crippen LogP contribution in [0.15, 0.2) is 6.07 Å². The fraction of sp³-hybridized carbons (Fsp3) is 0.625. The standard InChI is InChI=1S/C16H21NO3S/c1-10-2-5-13-11(8-10)9-14(21-13)16(20)17(12-3-4-12)7-6-15(18)19/h9-10,12H,2-8H2,1H3,(H,18,19). The van der Waals surface area contributed by atoms with E-state index < -0.39 is 5.97 Å². The number of carbonyl (C=O) groups is 2. The first-order chi connectivity index (χ1) is 10.0. The minimum absolute atomic E-state index is 0.0321. The number of thiophene rings is 1. The second kappa shape index (κ2) is 5.79. The smallest absolute Gasteiger partial charge is 0.305 e. The van der Waals surface area contributed by atoms with Crippen molar-refractivity contribution < 1.29 is 14.7 Å². The summed E-state index contributed by atoms with van der Waals surface area (Å²) in [5.74, 6) is -0.111. The Kier molecular flexibility index (Phi) is 4.02. The molecular formula is C16H21NO3S. The second-order valence-corrected chi connectivity index (χ2v) is 7.42. The summed E-state index contributed by atoms with van der Waals surface area (Å²) in [6.45, 7) is 2.59. The highest BCUT2D eigenvalue weighted by Gasteiger charge is 2.34. The number of nitrogens with zero attached hydrogens (tertiary/aromatic N) is 1. The van der Waals surface area contributed by atoms with E-state index in [0.717, 1.165) is 30.6 Å². The van der Waals surface area contributed by atoms with E-state index in [2.05, 4.69) is 6.92 Å². The van der Waals surface area contributed by atoms with Crippen LogP contribution in [0, 0.1) is 5.92 Å². The van der Waals surface area contributed by atoms with E-state index in [9.17, 15) is 9.59 Å². The molecule has 1 N–H and O–H groups in total. The summed E-state index contributed by atoms with van der Waals surface area (Å²) in [6, 6.07) is 2.31. The third-order valence-corrected chi connectivity index (χ3v) is 5.58. The van der Waals surface area contributed by atoms with Gasteiger partial charge in [-0.2, -0.15) is 0 Å². The highest BCUT2D eigenvalue weighted by molar-refractivity contribution is 7.14. The molecule has 21 heavy (non-hydrogen) atoms. The predicted molar refractivity (Wildman–Crippen MR) is 81.8 cm³/mol. The lowest BCUT2D eigenvalue weighted by Gasteiger charge is -2.20. The Hall–Kier alpha value is -1.36. The number of hydrogen-bond donors (Lipinski definition) is 1. The van der Waals surface area contributed by atoms with Crippen molar-refractivity contribution in [1.29, 1.82) is 0 Å². The maximum Gasteiger partial charge on any atom is 0.305 e. The van der Waals surface area contributed by atoms with Crippen LogP contribution in [-0.4, -0.2) is 34.5 Å². The Bertz CT molecular complexity index is 562. The monoisotopic (exact) mass is 307 g/mol. The number of amides is 1. The molecule has 0 spiro atoms. The summed E-state index contributed by atoms with van der Waals surface area (Å²) in [4.78, 5) is 27.4. The van der Waals surface area contributed by atoms with Gasteiger partial charge in [-0.1, -0.05) is 6.92 Å². The van der Waals surface area contributed by atoms with Crippen molar-refractivity contribution in [3.63, 3.8) is 0 Å². The Morgan fingerprint density at radius 1 is 1.38 bits per heavy atom. The molecule has 1 aromatic rings. The molecule has 0 aliphatic heterocycles. The van der Waals surface area contributed by atoms with Crippen LogP contribution in [-0.2, 0) is 17.6 Å². The van der Waals surface area contributed by atoms with Crippen molar-refractivity contribution in [3.05, 3.63) is 21.4 Å². The normalized spacial score (nSPS) is 20.9. The van der Waals surface area contributed by atoms with Crippen molar-refractivity contribution in [2.75, 3.05) is 6.54 Å². The third-order valence-electron chi connectivity index (χ3n) is 4.36. The molecule has 1 aromatic heterocycles. The summed E-state index contributed by atoms with van der Waals surface area (Å²) in [5.41, 5.74) is 1.33. The van der Waals surface area contributed by atoms with E-state index in [1.54, 1.807) is 16.2 Å². The van der Waals surface area contributed by atoms with Crippen molar-refractivity contribution in [2.45, 2.75) is 51.5 Å². The van der Waals surface area contributed by atoms with Gasteiger partial charge in [-0.3, -0.25) is 9.59 Å². The molecule has 4 nitrogen and oxygen atoms in total. The van der Waals surface area contributed by atoms with Crippen molar-refractivity contribution in [3.8, 4) is 0 Å². The molecule has 0 radical (unpaired) electrons. The van der Waals surface area contributed by atoms with E-state index in [4.69, 9.17) is 5.11 Å². The molecule has 0 aromatic carbocycles. The summed E-state index contributed by atoms with van der Waals surface area (Å²) in [7, 11) is 0. The molecule has 1 atom stereocenters. The summed E-state index contributed by atoms with van der Waals surface area (Å²) < 4.78 is 0. The van der Waals surface area contributed by atoms with E-state index in [-0.39, 0.29) is 18.4 Å². The molecular weight excluding hydrogens is 286 g/mol.